The second-order valence-corrected chi connectivity index (χ2v) is 4.16. The third kappa shape index (κ3) is 3.37. The van der Waals surface area contributed by atoms with Crippen LogP contribution < -0.4 is 15.5 Å². The lowest BCUT2D eigenvalue weighted by Gasteiger charge is -2.30. The number of hydrogen-bond donors (Lipinski definition) is 2. The highest BCUT2D eigenvalue weighted by Crippen LogP contribution is 2.21. The lowest BCUT2D eigenvalue weighted by atomic mass is 10.1. The number of halogens is 1. The Morgan fingerprint density at radius 1 is 1.42 bits per heavy atom. The number of nitriles is 1. The van der Waals surface area contributed by atoms with Crippen LogP contribution in [0.3, 0.4) is 0 Å². The van der Waals surface area contributed by atoms with E-state index in [9.17, 15) is 10.1 Å². The summed E-state index contributed by atoms with van der Waals surface area (Å²) in [4.78, 5) is 13.7. The van der Waals surface area contributed by atoms with E-state index >= 15 is 0 Å². The van der Waals surface area contributed by atoms with Gasteiger partial charge < -0.3 is 15.5 Å². The molecule has 102 valence electrons. The predicted molar refractivity (Wildman–Crippen MR) is 76.9 cm³/mol. The van der Waals surface area contributed by atoms with Gasteiger partial charge in [0.15, 0.2) is 0 Å². The van der Waals surface area contributed by atoms with E-state index in [1.54, 1.807) is 19.2 Å². The molecule has 6 heteroatoms. The first-order valence-electron chi connectivity index (χ1n) is 5.98. The molecule has 1 aromatic carbocycles. The monoisotopic (exact) mass is 280 g/mol. The molecule has 0 aromatic heterocycles. The quantitative estimate of drug-likeness (QED) is 0.839. The molecular formula is C13H17ClN4O. The first-order valence-corrected chi connectivity index (χ1v) is 5.98. The van der Waals surface area contributed by atoms with Gasteiger partial charge in [-0.2, -0.15) is 5.26 Å². The number of nitrogens with one attached hydrogen (secondary N) is 2. The molecule has 2 rings (SSSR count). The number of amides is 1. The van der Waals surface area contributed by atoms with Gasteiger partial charge in [-0.1, -0.05) is 0 Å². The van der Waals surface area contributed by atoms with Crippen LogP contribution in [0.25, 0.3) is 0 Å². The van der Waals surface area contributed by atoms with Gasteiger partial charge in [0.05, 0.1) is 11.3 Å². The Labute approximate surface area is 119 Å². The van der Waals surface area contributed by atoms with Gasteiger partial charge in [0.25, 0.3) is 5.91 Å². The number of carbonyl (C=O) groups is 1. The average Bonchev–Trinajstić information content (AvgIpc) is 2.46. The molecular weight excluding hydrogens is 264 g/mol. The van der Waals surface area contributed by atoms with Crippen molar-refractivity contribution in [3.8, 4) is 6.07 Å². The van der Waals surface area contributed by atoms with E-state index in [2.05, 4.69) is 21.6 Å². The van der Waals surface area contributed by atoms with Crippen molar-refractivity contribution in [2.75, 3.05) is 38.1 Å². The average molecular weight is 281 g/mol. The molecule has 5 nitrogen and oxygen atoms in total. The van der Waals surface area contributed by atoms with E-state index in [0.717, 1.165) is 31.9 Å². The molecule has 1 amide bonds. The van der Waals surface area contributed by atoms with Crippen molar-refractivity contribution in [3.63, 3.8) is 0 Å². The van der Waals surface area contributed by atoms with Crippen LogP contribution in [0.15, 0.2) is 18.2 Å². The number of nitrogens with zero attached hydrogens (tertiary/aromatic N) is 2. The smallest absolute Gasteiger partial charge is 0.251 e. The summed E-state index contributed by atoms with van der Waals surface area (Å²) < 4.78 is 0. The highest BCUT2D eigenvalue weighted by Gasteiger charge is 2.15. The first kappa shape index (κ1) is 15.3. The summed E-state index contributed by atoms with van der Waals surface area (Å²) in [5.74, 6) is -0.168. The van der Waals surface area contributed by atoms with Crippen LogP contribution in [-0.4, -0.2) is 39.1 Å². The van der Waals surface area contributed by atoms with Crippen LogP contribution in [0.4, 0.5) is 5.69 Å². The van der Waals surface area contributed by atoms with Crippen molar-refractivity contribution in [2.24, 2.45) is 0 Å². The third-order valence-corrected chi connectivity index (χ3v) is 3.06. The summed E-state index contributed by atoms with van der Waals surface area (Å²) in [5, 5.41) is 15.0. The Morgan fingerprint density at radius 3 is 2.68 bits per heavy atom. The van der Waals surface area contributed by atoms with Gasteiger partial charge in [0.2, 0.25) is 0 Å². The normalized spacial score (nSPS) is 14.2. The molecule has 1 fully saturated rings. The maximum absolute atomic E-state index is 11.5. The Balaban J connectivity index is 0.00000180. The second kappa shape index (κ2) is 6.98. The molecule has 0 radical (unpaired) electrons. The number of carbonyl (C=O) groups excluding carboxylic acids is 1. The van der Waals surface area contributed by atoms with E-state index in [0.29, 0.717) is 11.1 Å². The molecule has 0 bridgehead atoms. The summed E-state index contributed by atoms with van der Waals surface area (Å²) in [6.07, 6.45) is 0. The zero-order valence-electron chi connectivity index (χ0n) is 10.8. The fourth-order valence-corrected chi connectivity index (χ4v) is 2.09. The molecule has 1 saturated heterocycles. The van der Waals surface area contributed by atoms with Gasteiger partial charge in [0, 0.05) is 38.8 Å². The lowest BCUT2D eigenvalue weighted by Crippen LogP contribution is -2.43. The van der Waals surface area contributed by atoms with Crippen molar-refractivity contribution < 1.29 is 4.79 Å². The first-order chi connectivity index (χ1) is 8.76. The van der Waals surface area contributed by atoms with Crippen molar-refractivity contribution in [1.82, 2.24) is 10.6 Å². The van der Waals surface area contributed by atoms with Crippen molar-refractivity contribution >= 4 is 24.0 Å². The van der Waals surface area contributed by atoms with Crippen LogP contribution in [0.5, 0.6) is 0 Å². The molecule has 0 atom stereocenters. The SMILES string of the molecule is CNC(=O)c1ccc(N2CCNCC2)c(C#N)c1.Cl. The molecule has 0 saturated carbocycles. The molecule has 0 spiro atoms. The van der Waals surface area contributed by atoms with E-state index in [-0.39, 0.29) is 18.3 Å². The Bertz CT molecular complexity index is 492. The highest BCUT2D eigenvalue weighted by molar-refractivity contribution is 5.95. The van der Waals surface area contributed by atoms with Crippen LogP contribution >= 0.6 is 12.4 Å². The third-order valence-electron chi connectivity index (χ3n) is 3.06. The molecule has 1 heterocycles. The minimum absolute atomic E-state index is 0. The summed E-state index contributed by atoms with van der Waals surface area (Å²) in [7, 11) is 1.58. The van der Waals surface area contributed by atoms with Crippen LogP contribution in [0, 0.1) is 11.3 Å². The van der Waals surface area contributed by atoms with Crippen LogP contribution in [0.1, 0.15) is 15.9 Å². The van der Waals surface area contributed by atoms with Crippen LogP contribution in [-0.2, 0) is 0 Å². The largest absolute Gasteiger partial charge is 0.368 e. The summed E-state index contributed by atoms with van der Waals surface area (Å²) >= 11 is 0. The van der Waals surface area contributed by atoms with E-state index in [1.807, 2.05) is 6.07 Å². The molecule has 1 aliphatic heterocycles. The van der Waals surface area contributed by atoms with Gasteiger partial charge in [-0.3, -0.25) is 4.79 Å². The van der Waals surface area contributed by atoms with Gasteiger partial charge in [0.1, 0.15) is 6.07 Å². The van der Waals surface area contributed by atoms with Crippen LogP contribution in [0.2, 0.25) is 0 Å². The zero-order valence-corrected chi connectivity index (χ0v) is 11.6. The summed E-state index contributed by atoms with van der Waals surface area (Å²) in [5.41, 5.74) is 1.98. The Hall–Kier alpha value is -1.77. The van der Waals surface area contributed by atoms with E-state index in [4.69, 9.17) is 0 Å². The molecule has 0 aliphatic carbocycles. The highest BCUT2D eigenvalue weighted by atomic mass is 35.5. The topological polar surface area (TPSA) is 68.2 Å². The Morgan fingerprint density at radius 2 is 2.11 bits per heavy atom. The fraction of sp³-hybridized carbons (Fsp3) is 0.385. The number of anilines is 1. The summed E-state index contributed by atoms with van der Waals surface area (Å²) in [6, 6.07) is 7.44. The minimum atomic E-state index is -0.168. The predicted octanol–water partition coefficient (Wildman–Crippen LogP) is 0.749. The number of piperazine rings is 1. The second-order valence-electron chi connectivity index (χ2n) is 4.16. The van der Waals surface area contributed by atoms with E-state index in [1.165, 1.54) is 0 Å². The Kier molecular flexibility index (Phi) is 5.61. The van der Waals surface area contributed by atoms with Crippen molar-refractivity contribution in [2.45, 2.75) is 0 Å². The summed E-state index contributed by atoms with van der Waals surface area (Å²) in [6.45, 7) is 3.60. The fourth-order valence-electron chi connectivity index (χ4n) is 2.09. The van der Waals surface area contributed by atoms with Crippen molar-refractivity contribution in [3.05, 3.63) is 29.3 Å². The van der Waals surface area contributed by atoms with Gasteiger partial charge in [-0.25, -0.2) is 0 Å². The van der Waals surface area contributed by atoms with Crippen molar-refractivity contribution in [1.29, 1.82) is 5.26 Å². The molecule has 0 unspecified atom stereocenters. The maximum Gasteiger partial charge on any atom is 0.251 e. The molecule has 19 heavy (non-hydrogen) atoms. The minimum Gasteiger partial charge on any atom is -0.368 e. The molecule has 2 N–H and O–H groups in total. The van der Waals surface area contributed by atoms with Gasteiger partial charge in [-0.15, -0.1) is 12.4 Å². The lowest BCUT2D eigenvalue weighted by molar-refractivity contribution is 0.0963. The standard InChI is InChI=1S/C13H16N4O.ClH/c1-15-13(18)10-2-3-12(11(8-10)9-14)17-6-4-16-5-7-17;/h2-3,8,16H,4-7H2,1H3,(H,15,18);1H. The number of rotatable bonds is 2. The van der Waals surface area contributed by atoms with E-state index < -0.39 is 0 Å². The maximum atomic E-state index is 11.5. The number of benzene rings is 1. The molecule has 1 aromatic rings. The van der Waals surface area contributed by atoms with Gasteiger partial charge >= 0.3 is 0 Å². The zero-order chi connectivity index (χ0) is 13.0. The molecule has 1 aliphatic rings. The van der Waals surface area contributed by atoms with Gasteiger partial charge in [-0.05, 0) is 18.2 Å². The number of hydrogen-bond acceptors (Lipinski definition) is 4.